The van der Waals surface area contributed by atoms with E-state index in [0.717, 1.165) is 24.7 Å². The molecule has 14 heavy (non-hydrogen) atoms. The maximum Gasteiger partial charge on any atom is 0.0738 e. The van der Waals surface area contributed by atoms with Crippen molar-refractivity contribution < 1.29 is 0 Å². The van der Waals surface area contributed by atoms with E-state index in [-0.39, 0.29) is 0 Å². The Morgan fingerprint density at radius 3 is 2.86 bits per heavy atom. The SMILES string of the molecule is CC(C)CCCNCc1cnnn1C. The van der Waals surface area contributed by atoms with E-state index in [0.29, 0.717) is 0 Å². The molecular weight excluding hydrogens is 176 g/mol. The van der Waals surface area contributed by atoms with E-state index < -0.39 is 0 Å². The zero-order valence-electron chi connectivity index (χ0n) is 9.32. The van der Waals surface area contributed by atoms with Crippen molar-refractivity contribution in [2.24, 2.45) is 13.0 Å². The lowest BCUT2D eigenvalue weighted by Gasteiger charge is -2.06. The predicted octanol–water partition coefficient (Wildman–Crippen LogP) is 1.34. The molecule has 1 aromatic heterocycles. The summed E-state index contributed by atoms with van der Waals surface area (Å²) in [6.45, 7) is 6.45. The van der Waals surface area contributed by atoms with Crippen LogP contribution in [-0.4, -0.2) is 21.5 Å². The van der Waals surface area contributed by atoms with Crippen LogP contribution in [0.5, 0.6) is 0 Å². The van der Waals surface area contributed by atoms with Crippen LogP contribution >= 0.6 is 0 Å². The fraction of sp³-hybridized carbons (Fsp3) is 0.800. The van der Waals surface area contributed by atoms with Crippen LogP contribution in [0.2, 0.25) is 0 Å². The van der Waals surface area contributed by atoms with E-state index in [2.05, 4.69) is 29.5 Å². The molecule has 0 bridgehead atoms. The van der Waals surface area contributed by atoms with Crippen LogP contribution < -0.4 is 5.32 Å². The van der Waals surface area contributed by atoms with Crippen LogP contribution in [0.4, 0.5) is 0 Å². The van der Waals surface area contributed by atoms with Crippen LogP contribution in [0.15, 0.2) is 6.20 Å². The minimum atomic E-state index is 0.801. The molecular formula is C10H20N4. The molecule has 0 fully saturated rings. The first-order valence-electron chi connectivity index (χ1n) is 5.24. The van der Waals surface area contributed by atoms with Gasteiger partial charge in [-0.25, -0.2) is 0 Å². The van der Waals surface area contributed by atoms with Gasteiger partial charge in [0.2, 0.25) is 0 Å². The van der Waals surface area contributed by atoms with Crippen molar-refractivity contribution in [3.63, 3.8) is 0 Å². The first kappa shape index (κ1) is 11.2. The summed E-state index contributed by atoms with van der Waals surface area (Å²) >= 11 is 0. The van der Waals surface area contributed by atoms with E-state index in [9.17, 15) is 0 Å². The maximum atomic E-state index is 3.87. The van der Waals surface area contributed by atoms with E-state index in [1.165, 1.54) is 12.8 Å². The van der Waals surface area contributed by atoms with Crippen molar-refractivity contribution in [2.75, 3.05) is 6.54 Å². The number of hydrogen-bond acceptors (Lipinski definition) is 3. The number of aryl methyl sites for hydroxylation is 1. The summed E-state index contributed by atoms with van der Waals surface area (Å²) in [5.41, 5.74) is 1.13. The Morgan fingerprint density at radius 2 is 2.29 bits per heavy atom. The van der Waals surface area contributed by atoms with Crippen LogP contribution in [0, 0.1) is 5.92 Å². The van der Waals surface area contributed by atoms with Crippen molar-refractivity contribution >= 4 is 0 Å². The molecule has 1 heterocycles. The number of aromatic nitrogens is 3. The van der Waals surface area contributed by atoms with Gasteiger partial charge in [0.1, 0.15) is 0 Å². The first-order valence-corrected chi connectivity index (χ1v) is 5.24. The Bertz CT molecular complexity index is 254. The van der Waals surface area contributed by atoms with Gasteiger partial charge in [0.05, 0.1) is 11.9 Å². The van der Waals surface area contributed by atoms with Gasteiger partial charge in [-0.05, 0) is 25.3 Å². The average molecular weight is 196 g/mol. The third-order valence-corrected chi connectivity index (χ3v) is 2.25. The largest absolute Gasteiger partial charge is 0.311 e. The Balaban J connectivity index is 2.08. The normalized spacial score (nSPS) is 11.1. The van der Waals surface area contributed by atoms with Crippen molar-refractivity contribution in [3.8, 4) is 0 Å². The highest BCUT2D eigenvalue weighted by Gasteiger charge is 1.98. The lowest BCUT2D eigenvalue weighted by Crippen LogP contribution is -2.17. The predicted molar refractivity (Wildman–Crippen MR) is 56.8 cm³/mol. The van der Waals surface area contributed by atoms with Gasteiger partial charge < -0.3 is 5.32 Å². The smallest absolute Gasteiger partial charge is 0.0738 e. The molecule has 0 saturated heterocycles. The molecule has 0 spiro atoms. The minimum Gasteiger partial charge on any atom is -0.311 e. The van der Waals surface area contributed by atoms with Crippen LogP contribution in [0.25, 0.3) is 0 Å². The van der Waals surface area contributed by atoms with Crippen molar-refractivity contribution in [1.82, 2.24) is 20.3 Å². The highest BCUT2D eigenvalue weighted by molar-refractivity contribution is 4.91. The average Bonchev–Trinajstić information content (AvgIpc) is 2.51. The maximum absolute atomic E-state index is 3.87. The first-order chi connectivity index (χ1) is 6.70. The van der Waals surface area contributed by atoms with E-state index in [4.69, 9.17) is 0 Å². The monoisotopic (exact) mass is 196 g/mol. The number of rotatable bonds is 6. The number of nitrogens with one attached hydrogen (secondary N) is 1. The molecule has 0 saturated carbocycles. The fourth-order valence-electron chi connectivity index (χ4n) is 1.32. The van der Waals surface area contributed by atoms with Gasteiger partial charge >= 0.3 is 0 Å². The van der Waals surface area contributed by atoms with E-state index in [1.54, 1.807) is 10.9 Å². The van der Waals surface area contributed by atoms with Gasteiger partial charge in [0.25, 0.3) is 0 Å². The lowest BCUT2D eigenvalue weighted by atomic mass is 10.1. The zero-order chi connectivity index (χ0) is 10.4. The molecule has 80 valence electrons. The minimum absolute atomic E-state index is 0.801. The summed E-state index contributed by atoms with van der Waals surface area (Å²) in [6, 6.07) is 0. The quantitative estimate of drug-likeness (QED) is 0.698. The Kier molecular flexibility index (Phi) is 4.59. The molecule has 0 radical (unpaired) electrons. The summed E-state index contributed by atoms with van der Waals surface area (Å²) in [4.78, 5) is 0. The topological polar surface area (TPSA) is 42.7 Å². The van der Waals surface area contributed by atoms with Crippen LogP contribution in [0.3, 0.4) is 0 Å². The summed E-state index contributed by atoms with van der Waals surface area (Å²) in [7, 11) is 1.91. The van der Waals surface area contributed by atoms with Gasteiger partial charge in [-0.2, -0.15) is 0 Å². The summed E-state index contributed by atoms with van der Waals surface area (Å²) in [6.07, 6.45) is 4.33. The second-order valence-electron chi connectivity index (χ2n) is 4.06. The van der Waals surface area contributed by atoms with Gasteiger partial charge in [0, 0.05) is 13.6 Å². The van der Waals surface area contributed by atoms with Gasteiger partial charge in [0.15, 0.2) is 0 Å². The Morgan fingerprint density at radius 1 is 1.50 bits per heavy atom. The molecule has 4 nitrogen and oxygen atoms in total. The van der Waals surface area contributed by atoms with Crippen LogP contribution in [-0.2, 0) is 13.6 Å². The summed E-state index contributed by atoms with van der Waals surface area (Å²) in [5, 5.41) is 11.1. The molecule has 4 heteroatoms. The van der Waals surface area contributed by atoms with Gasteiger partial charge in [-0.1, -0.05) is 19.1 Å². The number of hydrogen-bond donors (Lipinski definition) is 1. The van der Waals surface area contributed by atoms with Crippen molar-refractivity contribution in [3.05, 3.63) is 11.9 Å². The lowest BCUT2D eigenvalue weighted by molar-refractivity contribution is 0.520. The molecule has 0 aliphatic carbocycles. The Hall–Kier alpha value is -0.900. The highest BCUT2D eigenvalue weighted by atomic mass is 15.4. The third kappa shape index (κ3) is 3.87. The fourth-order valence-corrected chi connectivity index (χ4v) is 1.32. The van der Waals surface area contributed by atoms with Crippen molar-refractivity contribution in [1.29, 1.82) is 0 Å². The molecule has 1 N–H and O–H groups in total. The van der Waals surface area contributed by atoms with Crippen LogP contribution in [0.1, 0.15) is 32.4 Å². The zero-order valence-corrected chi connectivity index (χ0v) is 9.32. The molecule has 0 amide bonds. The van der Waals surface area contributed by atoms with Crippen molar-refractivity contribution in [2.45, 2.75) is 33.2 Å². The molecule has 1 rings (SSSR count). The number of nitrogens with zero attached hydrogens (tertiary/aromatic N) is 3. The Labute approximate surface area is 85.7 Å². The van der Waals surface area contributed by atoms with Gasteiger partial charge in [-0.3, -0.25) is 4.68 Å². The molecule has 0 unspecified atom stereocenters. The molecule has 0 atom stereocenters. The van der Waals surface area contributed by atoms with Gasteiger partial charge in [-0.15, -0.1) is 5.10 Å². The second kappa shape index (κ2) is 5.75. The summed E-state index contributed by atoms with van der Waals surface area (Å²) in [5.74, 6) is 0.801. The molecule has 0 aromatic carbocycles. The molecule has 0 aliphatic heterocycles. The standard InChI is InChI=1S/C10H20N4/c1-9(2)5-4-6-11-7-10-8-12-13-14(10)3/h8-9,11H,4-7H2,1-3H3. The highest BCUT2D eigenvalue weighted by Crippen LogP contribution is 2.02. The third-order valence-electron chi connectivity index (χ3n) is 2.25. The second-order valence-corrected chi connectivity index (χ2v) is 4.06. The molecule has 1 aromatic rings. The van der Waals surface area contributed by atoms with E-state index >= 15 is 0 Å². The summed E-state index contributed by atoms with van der Waals surface area (Å²) < 4.78 is 1.80. The molecule has 0 aliphatic rings. The van der Waals surface area contributed by atoms with E-state index in [1.807, 2.05) is 7.05 Å².